The molecule has 0 aliphatic carbocycles. The highest BCUT2D eigenvalue weighted by Crippen LogP contribution is 2.28. The van der Waals surface area contributed by atoms with E-state index in [-0.39, 0.29) is 35.9 Å². The number of aliphatic hydroxyl groups excluding tert-OH is 1. The number of anilines is 2. The molecule has 2 aromatic rings. The van der Waals surface area contributed by atoms with Gasteiger partial charge in [-0.05, 0) is 67.6 Å². The number of amides is 1. The largest absolute Gasteiger partial charge is 0.506 e. The van der Waals surface area contributed by atoms with Gasteiger partial charge in [0.15, 0.2) is 0 Å². The number of nitrogens with zero attached hydrogens (tertiary/aromatic N) is 2. The zero-order valence-corrected chi connectivity index (χ0v) is 23.0. The van der Waals surface area contributed by atoms with Gasteiger partial charge in [-0.15, -0.1) is 0 Å². The minimum absolute atomic E-state index is 0.0267. The summed E-state index contributed by atoms with van der Waals surface area (Å²) in [6.07, 6.45) is 3.24. The van der Waals surface area contributed by atoms with Gasteiger partial charge in [0.1, 0.15) is 11.8 Å². The smallest absolute Gasteiger partial charge is 0.328 e. The molecule has 39 heavy (non-hydrogen) atoms. The number of hydrogen-bond acceptors (Lipinski definition) is 9. The van der Waals surface area contributed by atoms with Gasteiger partial charge in [0, 0.05) is 43.5 Å². The fraction of sp³-hybridized carbons (Fsp3) is 0.481. The molecule has 2 fully saturated rings. The quantitative estimate of drug-likeness (QED) is 0.266. The number of ether oxygens (including phenoxy) is 1. The van der Waals surface area contributed by atoms with Crippen molar-refractivity contribution in [2.75, 3.05) is 49.2 Å². The number of hydrogen-bond donors (Lipinski definition) is 4. The first-order valence-corrected chi connectivity index (χ1v) is 14.9. The van der Waals surface area contributed by atoms with Crippen LogP contribution in [0.5, 0.6) is 5.75 Å². The maximum Gasteiger partial charge on any atom is 0.328 e. The highest BCUT2D eigenvalue weighted by Gasteiger charge is 2.35. The van der Waals surface area contributed by atoms with Crippen LogP contribution in [0.1, 0.15) is 47.7 Å². The summed E-state index contributed by atoms with van der Waals surface area (Å²) in [5.41, 5.74) is 2.08. The molecule has 0 unspecified atom stereocenters. The van der Waals surface area contributed by atoms with E-state index in [4.69, 9.17) is 4.74 Å². The number of carbonyl (C=O) groups excluding carboxylic acids is 2. The van der Waals surface area contributed by atoms with Crippen LogP contribution in [0.15, 0.2) is 42.5 Å². The van der Waals surface area contributed by atoms with Crippen molar-refractivity contribution in [3.63, 3.8) is 0 Å². The number of sulfonamides is 1. The molecule has 2 heterocycles. The first-order chi connectivity index (χ1) is 18.6. The SMILES string of the molecule is COC(=O)[C@@H]1CCCN1C(=O)c1ccc(N2CCC(NC[C@H](O)c3ccc(O)c(NS(C)(=O)=O)c3)CC2)cc1. The van der Waals surface area contributed by atoms with Gasteiger partial charge < -0.3 is 30.1 Å². The van der Waals surface area contributed by atoms with Crippen molar-refractivity contribution in [1.82, 2.24) is 10.2 Å². The Morgan fingerprint density at radius 3 is 2.41 bits per heavy atom. The standard InChI is InChI=1S/C27H36N4O7S/c1-38-27(35)23-4-3-13-31(23)26(34)18-5-8-21(9-6-18)30-14-11-20(12-15-30)28-17-25(33)19-7-10-24(32)22(16-19)29-39(2,36)37/h5-10,16,20,23,25,28-29,32-33H,3-4,11-15,17H2,1-2H3/t23-,25-/m0/s1. The molecular formula is C27H36N4O7S. The molecule has 0 saturated carbocycles. The molecule has 2 aliphatic rings. The number of piperidine rings is 1. The van der Waals surface area contributed by atoms with Crippen molar-refractivity contribution in [2.45, 2.75) is 43.9 Å². The Kier molecular flexibility index (Phi) is 8.98. The minimum atomic E-state index is -3.56. The molecule has 2 atom stereocenters. The van der Waals surface area contributed by atoms with E-state index in [1.54, 1.807) is 23.1 Å². The number of phenols is 1. The molecule has 0 spiro atoms. The number of methoxy groups -OCH3 is 1. The van der Waals surface area contributed by atoms with Crippen molar-refractivity contribution in [2.24, 2.45) is 0 Å². The number of likely N-dealkylation sites (tertiary alicyclic amines) is 1. The molecule has 0 aromatic heterocycles. The monoisotopic (exact) mass is 560 g/mol. The summed E-state index contributed by atoms with van der Waals surface area (Å²) < 4.78 is 30.1. The van der Waals surface area contributed by atoms with Crippen LogP contribution in [0.4, 0.5) is 11.4 Å². The molecule has 2 saturated heterocycles. The van der Waals surface area contributed by atoms with Crippen molar-refractivity contribution in [1.29, 1.82) is 0 Å². The summed E-state index contributed by atoms with van der Waals surface area (Å²) in [6, 6.07) is 11.5. The van der Waals surface area contributed by atoms with Gasteiger partial charge in [0.25, 0.3) is 5.91 Å². The zero-order valence-electron chi connectivity index (χ0n) is 22.2. The van der Waals surface area contributed by atoms with Crippen LogP contribution in [0.25, 0.3) is 0 Å². The number of aromatic hydroxyl groups is 1. The second-order valence-electron chi connectivity index (χ2n) is 10.1. The van der Waals surface area contributed by atoms with Crippen LogP contribution in [-0.4, -0.2) is 87.0 Å². The third kappa shape index (κ3) is 7.20. The average Bonchev–Trinajstić information content (AvgIpc) is 3.42. The van der Waals surface area contributed by atoms with Gasteiger partial charge in [-0.3, -0.25) is 9.52 Å². The van der Waals surface area contributed by atoms with Crippen LogP contribution in [0, 0.1) is 0 Å². The van der Waals surface area contributed by atoms with Gasteiger partial charge in [-0.1, -0.05) is 6.07 Å². The molecule has 1 amide bonds. The van der Waals surface area contributed by atoms with Crippen LogP contribution in [-0.2, 0) is 19.6 Å². The maximum absolute atomic E-state index is 13.0. The van der Waals surface area contributed by atoms with Crippen LogP contribution in [0.2, 0.25) is 0 Å². The highest BCUT2D eigenvalue weighted by atomic mass is 32.2. The molecule has 0 radical (unpaired) electrons. The fourth-order valence-corrected chi connectivity index (χ4v) is 5.71. The highest BCUT2D eigenvalue weighted by molar-refractivity contribution is 7.92. The van der Waals surface area contributed by atoms with Crippen molar-refractivity contribution < 1.29 is 33.0 Å². The minimum Gasteiger partial charge on any atom is -0.506 e. The molecule has 2 aromatic carbocycles. The van der Waals surface area contributed by atoms with E-state index in [1.165, 1.54) is 19.2 Å². The molecule has 0 bridgehead atoms. The van der Waals surface area contributed by atoms with E-state index in [1.807, 2.05) is 12.1 Å². The van der Waals surface area contributed by atoms with E-state index < -0.39 is 22.2 Å². The van der Waals surface area contributed by atoms with E-state index in [0.717, 1.165) is 44.3 Å². The molecular weight excluding hydrogens is 524 g/mol. The van der Waals surface area contributed by atoms with E-state index in [9.17, 15) is 28.2 Å². The van der Waals surface area contributed by atoms with Gasteiger partial charge in [0.2, 0.25) is 10.0 Å². The second kappa shape index (κ2) is 12.2. The van der Waals surface area contributed by atoms with Crippen LogP contribution >= 0.6 is 0 Å². The van der Waals surface area contributed by atoms with Gasteiger partial charge in [-0.2, -0.15) is 0 Å². The summed E-state index contributed by atoms with van der Waals surface area (Å²) in [4.78, 5) is 28.8. The molecule has 11 nitrogen and oxygen atoms in total. The van der Waals surface area contributed by atoms with E-state index in [0.29, 0.717) is 24.1 Å². The van der Waals surface area contributed by atoms with Gasteiger partial charge >= 0.3 is 5.97 Å². The third-order valence-electron chi connectivity index (χ3n) is 7.26. The lowest BCUT2D eigenvalue weighted by Crippen LogP contribution is -2.43. The zero-order chi connectivity index (χ0) is 28.2. The Bertz CT molecular complexity index is 1280. The molecule has 2 aliphatic heterocycles. The Morgan fingerprint density at radius 2 is 1.77 bits per heavy atom. The topological polar surface area (TPSA) is 149 Å². The maximum atomic E-state index is 13.0. The summed E-state index contributed by atoms with van der Waals surface area (Å²) in [6.45, 7) is 2.44. The number of esters is 1. The predicted molar refractivity (Wildman–Crippen MR) is 147 cm³/mol. The number of aliphatic hydroxyl groups is 1. The molecule has 4 N–H and O–H groups in total. The summed E-state index contributed by atoms with van der Waals surface area (Å²) in [5, 5.41) is 23.9. The fourth-order valence-electron chi connectivity index (χ4n) is 5.15. The first kappa shape index (κ1) is 28.7. The van der Waals surface area contributed by atoms with Gasteiger partial charge in [-0.25, -0.2) is 13.2 Å². The van der Waals surface area contributed by atoms with E-state index >= 15 is 0 Å². The normalized spacial score (nSPS) is 19.1. The number of nitrogens with one attached hydrogen (secondary N) is 2. The Hall–Kier alpha value is -3.35. The molecule has 12 heteroatoms. The lowest BCUT2D eigenvalue weighted by atomic mass is 10.0. The van der Waals surface area contributed by atoms with Crippen molar-refractivity contribution >= 4 is 33.3 Å². The van der Waals surface area contributed by atoms with Crippen molar-refractivity contribution in [3.05, 3.63) is 53.6 Å². The summed E-state index contributed by atoms with van der Waals surface area (Å²) in [5.74, 6) is -0.752. The van der Waals surface area contributed by atoms with Crippen LogP contribution in [0.3, 0.4) is 0 Å². The van der Waals surface area contributed by atoms with Gasteiger partial charge in [0.05, 0.1) is 25.2 Å². The molecule has 212 valence electrons. The first-order valence-electron chi connectivity index (χ1n) is 13.0. The second-order valence-corrected chi connectivity index (χ2v) is 11.8. The Balaban J connectivity index is 1.27. The predicted octanol–water partition coefficient (Wildman–Crippen LogP) is 1.83. The summed E-state index contributed by atoms with van der Waals surface area (Å²) in [7, 11) is -2.23. The Labute approximate surface area is 228 Å². The lowest BCUT2D eigenvalue weighted by Gasteiger charge is -2.34. The summed E-state index contributed by atoms with van der Waals surface area (Å²) >= 11 is 0. The number of benzene rings is 2. The number of rotatable bonds is 9. The van der Waals surface area contributed by atoms with Crippen molar-refractivity contribution in [3.8, 4) is 5.75 Å². The van der Waals surface area contributed by atoms with Crippen LogP contribution < -0.4 is 14.9 Å². The third-order valence-corrected chi connectivity index (χ3v) is 7.85. The Morgan fingerprint density at radius 1 is 1.08 bits per heavy atom. The molecule has 4 rings (SSSR count). The number of carbonyl (C=O) groups is 2. The average molecular weight is 561 g/mol. The van der Waals surface area contributed by atoms with E-state index in [2.05, 4.69) is 14.9 Å². The lowest BCUT2D eigenvalue weighted by molar-refractivity contribution is -0.145. The number of phenolic OH excluding ortho intramolecular Hbond substituents is 1.